The van der Waals surface area contributed by atoms with Gasteiger partial charge in [0.25, 0.3) is 0 Å². The van der Waals surface area contributed by atoms with Crippen LogP contribution in [0.25, 0.3) is 12.2 Å². The fraction of sp³-hybridized carbons (Fsp3) is 0.154. The van der Waals surface area contributed by atoms with Crippen molar-refractivity contribution in [1.82, 2.24) is 0 Å². The van der Waals surface area contributed by atoms with Crippen LogP contribution in [0, 0.1) is 0 Å². The monoisotopic (exact) mass is 218 g/mol. The molecule has 1 N–H and O–H groups in total. The predicted molar refractivity (Wildman–Crippen MR) is 64.4 cm³/mol. The lowest BCUT2D eigenvalue weighted by molar-refractivity contribution is -0.131. The molecule has 0 amide bonds. The summed E-state index contributed by atoms with van der Waals surface area (Å²) in [6, 6.07) is 5.49. The van der Waals surface area contributed by atoms with Crippen LogP contribution in [0.3, 0.4) is 0 Å². The van der Waals surface area contributed by atoms with Crippen molar-refractivity contribution in [3.8, 4) is 5.75 Å². The van der Waals surface area contributed by atoms with Crippen molar-refractivity contribution < 1.29 is 14.6 Å². The van der Waals surface area contributed by atoms with Crippen molar-refractivity contribution in [3.05, 3.63) is 41.5 Å². The molecular formula is C13H14O3. The van der Waals surface area contributed by atoms with E-state index >= 15 is 0 Å². The molecule has 0 unspecified atom stereocenters. The van der Waals surface area contributed by atoms with Gasteiger partial charge in [0.15, 0.2) is 0 Å². The van der Waals surface area contributed by atoms with E-state index in [4.69, 9.17) is 9.84 Å². The zero-order chi connectivity index (χ0) is 12.0. The summed E-state index contributed by atoms with van der Waals surface area (Å²) in [7, 11) is 1.60. The number of aliphatic carboxylic acids is 1. The minimum Gasteiger partial charge on any atom is -0.497 e. The summed E-state index contributed by atoms with van der Waals surface area (Å²) in [4.78, 5) is 10.4. The van der Waals surface area contributed by atoms with Crippen molar-refractivity contribution in [1.29, 1.82) is 0 Å². The van der Waals surface area contributed by atoms with E-state index in [2.05, 4.69) is 0 Å². The van der Waals surface area contributed by atoms with Crippen molar-refractivity contribution in [2.45, 2.75) is 6.92 Å². The first-order valence-electron chi connectivity index (χ1n) is 4.89. The zero-order valence-electron chi connectivity index (χ0n) is 9.31. The molecule has 0 fully saturated rings. The molecule has 0 aliphatic rings. The average Bonchev–Trinajstić information content (AvgIpc) is 2.27. The quantitative estimate of drug-likeness (QED) is 0.790. The van der Waals surface area contributed by atoms with Gasteiger partial charge in [0.1, 0.15) is 5.75 Å². The topological polar surface area (TPSA) is 46.5 Å². The van der Waals surface area contributed by atoms with Crippen LogP contribution in [-0.2, 0) is 4.79 Å². The molecule has 0 aliphatic heterocycles. The van der Waals surface area contributed by atoms with Crippen molar-refractivity contribution >= 4 is 18.1 Å². The number of rotatable bonds is 4. The molecule has 16 heavy (non-hydrogen) atoms. The number of hydrogen-bond acceptors (Lipinski definition) is 2. The van der Waals surface area contributed by atoms with Crippen molar-refractivity contribution in [2.24, 2.45) is 0 Å². The number of carboxylic acid groups (broad SMARTS) is 1. The summed E-state index contributed by atoms with van der Waals surface area (Å²) in [6.45, 7) is 1.91. The van der Waals surface area contributed by atoms with E-state index in [1.807, 2.05) is 31.2 Å². The molecule has 1 rings (SSSR count). The normalized spacial score (nSPS) is 11.1. The van der Waals surface area contributed by atoms with Gasteiger partial charge in [-0.2, -0.15) is 0 Å². The van der Waals surface area contributed by atoms with Crippen LogP contribution in [-0.4, -0.2) is 18.2 Å². The van der Waals surface area contributed by atoms with E-state index in [-0.39, 0.29) is 0 Å². The number of allylic oxidation sites excluding steroid dienone is 1. The zero-order valence-corrected chi connectivity index (χ0v) is 9.31. The van der Waals surface area contributed by atoms with Crippen LogP contribution in [0.15, 0.2) is 30.4 Å². The Balaban J connectivity index is 3.12. The third-order valence-corrected chi connectivity index (χ3v) is 2.05. The van der Waals surface area contributed by atoms with Crippen LogP contribution in [0.2, 0.25) is 0 Å². The molecule has 0 heterocycles. The summed E-state index contributed by atoms with van der Waals surface area (Å²) >= 11 is 0. The fourth-order valence-corrected chi connectivity index (χ4v) is 1.32. The van der Waals surface area contributed by atoms with E-state index in [1.54, 1.807) is 19.3 Å². The summed E-state index contributed by atoms with van der Waals surface area (Å²) in [5.41, 5.74) is 1.78. The highest BCUT2D eigenvalue weighted by molar-refractivity contribution is 5.86. The van der Waals surface area contributed by atoms with Gasteiger partial charge in [-0.1, -0.05) is 18.2 Å². The maximum Gasteiger partial charge on any atom is 0.328 e. The molecule has 3 heteroatoms. The van der Waals surface area contributed by atoms with Gasteiger partial charge in [-0.05, 0) is 36.3 Å². The summed E-state index contributed by atoms with van der Waals surface area (Å²) < 4.78 is 5.11. The molecule has 0 bridgehead atoms. The number of benzene rings is 1. The van der Waals surface area contributed by atoms with Gasteiger partial charge in [-0.15, -0.1) is 0 Å². The highest BCUT2D eigenvalue weighted by Crippen LogP contribution is 2.20. The van der Waals surface area contributed by atoms with E-state index in [0.717, 1.165) is 23.0 Å². The van der Waals surface area contributed by atoms with E-state index in [0.29, 0.717) is 0 Å². The smallest absolute Gasteiger partial charge is 0.328 e. The van der Waals surface area contributed by atoms with Gasteiger partial charge in [0, 0.05) is 6.08 Å². The minimum atomic E-state index is -0.956. The minimum absolute atomic E-state index is 0.751. The molecule has 0 spiro atoms. The Kier molecular flexibility index (Phi) is 4.33. The van der Waals surface area contributed by atoms with Gasteiger partial charge in [-0.25, -0.2) is 4.79 Å². The molecule has 0 aromatic heterocycles. The average molecular weight is 218 g/mol. The Morgan fingerprint density at radius 3 is 2.62 bits per heavy atom. The second-order valence-electron chi connectivity index (χ2n) is 3.17. The largest absolute Gasteiger partial charge is 0.497 e. The SMILES string of the molecule is CC=Cc1cc(OC)ccc1C=CC(=O)O. The molecule has 84 valence electrons. The standard InChI is InChI=1S/C13H14O3/c1-3-4-11-9-12(16-2)7-5-10(11)6-8-13(14)15/h3-9H,1-2H3,(H,14,15). The Morgan fingerprint density at radius 1 is 1.31 bits per heavy atom. The third kappa shape index (κ3) is 3.28. The molecule has 1 aromatic rings. The predicted octanol–water partition coefficient (Wildman–Crippen LogP) is 2.83. The molecular weight excluding hydrogens is 204 g/mol. The Morgan fingerprint density at radius 2 is 2.06 bits per heavy atom. The van der Waals surface area contributed by atoms with Crippen LogP contribution >= 0.6 is 0 Å². The lowest BCUT2D eigenvalue weighted by atomic mass is 10.1. The van der Waals surface area contributed by atoms with E-state index < -0.39 is 5.97 Å². The molecule has 0 aliphatic carbocycles. The molecule has 3 nitrogen and oxygen atoms in total. The fourth-order valence-electron chi connectivity index (χ4n) is 1.32. The van der Waals surface area contributed by atoms with E-state index in [1.165, 1.54) is 0 Å². The van der Waals surface area contributed by atoms with E-state index in [9.17, 15) is 4.79 Å². The summed E-state index contributed by atoms with van der Waals surface area (Å²) in [5, 5.41) is 8.57. The maximum atomic E-state index is 10.4. The van der Waals surface area contributed by atoms with Crippen LogP contribution in [0.4, 0.5) is 0 Å². The lowest BCUT2D eigenvalue weighted by Gasteiger charge is -2.04. The Bertz CT molecular complexity index is 431. The first-order chi connectivity index (χ1) is 7.67. The first kappa shape index (κ1) is 12.0. The van der Waals surface area contributed by atoms with Crippen molar-refractivity contribution in [2.75, 3.05) is 7.11 Å². The highest BCUT2D eigenvalue weighted by atomic mass is 16.5. The molecule has 0 radical (unpaired) electrons. The lowest BCUT2D eigenvalue weighted by Crippen LogP contribution is -1.89. The van der Waals surface area contributed by atoms with Crippen LogP contribution in [0.5, 0.6) is 5.75 Å². The number of carbonyl (C=O) groups is 1. The molecule has 0 saturated heterocycles. The number of hydrogen-bond donors (Lipinski definition) is 1. The second-order valence-corrected chi connectivity index (χ2v) is 3.17. The Hall–Kier alpha value is -2.03. The van der Waals surface area contributed by atoms with Crippen LogP contribution < -0.4 is 4.74 Å². The van der Waals surface area contributed by atoms with Gasteiger partial charge < -0.3 is 9.84 Å². The first-order valence-corrected chi connectivity index (χ1v) is 4.89. The molecule has 0 atom stereocenters. The number of methoxy groups -OCH3 is 1. The summed E-state index contributed by atoms with van der Waals surface area (Å²) in [5.74, 6) is -0.206. The molecule has 0 saturated carbocycles. The third-order valence-electron chi connectivity index (χ3n) is 2.05. The maximum absolute atomic E-state index is 10.4. The summed E-state index contributed by atoms with van der Waals surface area (Å²) in [6.07, 6.45) is 6.49. The number of carboxylic acids is 1. The highest BCUT2D eigenvalue weighted by Gasteiger charge is 1.99. The van der Waals surface area contributed by atoms with Crippen molar-refractivity contribution in [3.63, 3.8) is 0 Å². The van der Waals surface area contributed by atoms with Gasteiger partial charge in [-0.3, -0.25) is 0 Å². The Labute approximate surface area is 94.7 Å². The second kappa shape index (κ2) is 5.75. The van der Waals surface area contributed by atoms with Gasteiger partial charge in [0.2, 0.25) is 0 Å². The number of ether oxygens (including phenoxy) is 1. The van der Waals surface area contributed by atoms with Gasteiger partial charge in [0.05, 0.1) is 7.11 Å². The van der Waals surface area contributed by atoms with Gasteiger partial charge >= 0.3 is 5.97 Å². The van der Waals surface area contributed by atoms with Crippen LogP contribution in [0.1, 0.15) is 18.1 Å². The molecule has 1 aromatic carbocycles.